The summed E-state index contributed by atoms with van der Waals surface area (Å²) in [7, 11) is 0. The Balaban J connectivity index is 1.78. The van der Waals surface area contributed by atoms with Crippen molar-refractivity contribution < 1.29 is 0 Å². The van der Waals surface area contributed by atoms with Gasteiger partial charge in [-0.3, -0.25) is 0 Å². The molecule has 1 aromatic carbocycles. The van der Waals surface area contributed by atoms with Crippen molar-refractivity contribution >= 4 is 11.8 Å². The van der Waals surface area contributed by atoms with Gasteiger partial charge in [0.1, 0.15) is 0 Å². The Hall–Kier alpha value is -1.26. The first-order valence-corrected chi connectivity index (χ1v) is 10.4. The van der Waals surface area contributed by atoms with E-state index in [-0.39, 0.29) is 0 Å². The summed E-state index contributed by atoms with van der Waals surface area (Å²) in [4.78, 5) is 7.38. The third-order valence-electron chi connectivity index (χ3n) is 4.98. The summed E-state index contributed by atoms with van der Waals surface area (Å²) in [6.07, 6.45) is 9.43. The van der Waals surface area contributed by atoms with Crippen LogP contribution in [0, 0.1) is 0 Å². The Morgan fingerprint density at radius 3 is 2.54 bits per heavy atom. The van der Waals surface area contributed by atoms with Crippen molar-refractivity contribution in [1.29, 1.82) is 0 Å². The zero-order chi connectivity index (χ0) is 16.8. The number of aromatic nitrogens is 2. The monoisotopic (exact) mass is 343 g/mol. The van der Waals surface area contributed by atoms with E-state index in [1.807, 2.05) is 11.8 Å². The molecule has 4 heteroatoms. The summed E-state index contributed by atoms with van der Waals surface area (Å²) in [6, 6.07) is 10.6. The molecule has 0 amide bonds. The van der Waals surface area contributed by atoms with Gasteiger partial charge in [-0.1, -0.05) is 43.7 Å². The Kier molecular flexibility index (Phi) is 6.38. The number of thioether (sulfide) groups is 1. The standard InChI is InChI=1S/C20H29N3S/c1-17(24-2)15-19-20(18-9-5-3-6-10-18)21-16-23(19)14-13-22-11-7-4-8-12-22/h3,5-6,9-10,16-17H,4,7-8,11-15H2,1-2H3/t17-/m0/s1. The van der Waals surface area contributed by atoms with Crippen molar-refractivity contribution in [1.82, 2.24) is 14.5 Å². The van der Waals surface area contributed by atoms with Crippen molar-refractivity contribution in [2.24, 2.45) is 0 Å². The number of hydrogen-bond donors (Lipinski definition) is 0. The van der Waals surface area contributed by atoms with E-state index in [4.69, 9.17) is 4.98 Å². The zero-order valence-corrected chi connectivity index (χ0v) is 15.8. The molecule has 0 saturated carbocycles. The molecule has 2 aromatic rings. The third-order valence-corrected chi connectivity index (χ3v) is 5.95. The highest BCUT2D eigenvalue weighted by Crippen LogP contribution is 2.25. The third kappa shape index (κ3) is 4.42. The van der Waals surface area contributed by atoms with Gasteiger partial charge in [-0.05, 0) is 32.2 Å². The lowest BCUT2D eigenvalue weighted by Gasteiger charge is -2.26. The van der Waals surface area contributed by atoms with Crippen LogP contribution in [0.4, 0.5) is 0 Å². The van der Waals surface area contributed by atoms with Crippen LogP contribution in [0.3, 0.4) is 0 Å². The summed E-state index contributed by atoms with van der Waals surface area (Å²) in [5, 5.41) is 0.609. The van der Waals surface area contributed by atoms with Gasteiger partial charge in [-0.2, -0.15) is 11.8 Å². The van der Waals surface area contributed by atoms with Crippen LogP contribution >= 0.6 is 11.8 Å². The minimum atomic E-state index is 0.609. The molecule has 0 aliphatic carbocycles. The van der Waals surface area contributed by atoms with E-state index in [1.165, 1.54) is 43.6 Å². The average molecular weight is 344 g/mol. The van der Waals surface area contributed by atoms with E-state index in [1.54, 1.807) is 0 Å². The van der Waals surface area contributed by atoms with Crippen LogP contribution in [-0.2, 0) is 13.0 Å². The van der Waals surface area contributed by atoms with Crippen LogP contribution < -0.4 is 0 Å². The van der Waals surface area contributed by atoms with Gasteiger partial charge in [0.15, 0.2) is 0 Å². The molecule has 1 saturated heterocycles. The molecule has 1 aromatic heterocycles. The smallest absolute Gasteiger partial charge is 0.0956 e. The number of likely N-dealkylation sites (tertiary alicyclic amines) is 1. The van der Waals surface area contributed by atoms with Gasteiger partial charge < -0.3 is 9.47 Å². The van der Waals surface area contributed by atoms with Gasteiger partial charge in [0, 0.05) is 36.0 Å². The lowest BCUT2D eigenvalue weighted by Crippen LogP contribution is -2.32. The van der Waals surface area contributed by atoms with Crippen molar-refractivity contribution in [2.75, 3.05) is 25.9 Å². The molecule has 1 aliphatic rings. The van der Waals surface area contributed by atoms with Gasteiger partial charge in [0.05, 0.1) is 12.0 Å². The predicted octanol–water partition coefficient (Wildman–Crippen LogP) is 4.33. The molecule has 0 bridgehead atoms. The number of imidazole rings is 1. The molecule has 0 N–H and O–H groups in total. The Morgan fingerprint density at radius 2 is 1.83 bits per heavy atom. The lowest BCUT2D eigenvalue weighted by atomic mass is 10.1. The molecule has 0 radical (unpaired) electrons. The van der Waals surface area contributed by atoms with Crippen LogP contribution in [-0.4, -0.2) is 45.6 Å². The predicted molar refractivity (Wildman–Crippen MR) is 105 cm³/mol. The SMILES string of the molecule is CS[C@@H](C)Cc1c(-c2ccccc2)ncn1CCN1CCCCC1. The number of benzene rings is 1. The van der Waals surface area contributed by atoms with Crippen LogP contribution in [0.1, 0.15) is 31.9 Å². The van der Waals surface area contributed by atoms with E-state index < -0.39 is 0 Å². The van der Waals surface area contributed by atoms with Crippen LogP contribution in [0.5, 0.6) is 0 Å². The summed E-state index contributed by atoms with van der Waals surface area (Å²) in [5.74, 6) is 0. The summed E-state index contributed by atoms with van der Waals surface area (Å²) >= 11 is 1.93. The van der Waals surface area contributed by atoms with Gasteiger partial charge in [-0.25, -0.2) is 4.98 Å². The first kappa shape index (κ1) is 17.6. The number of hydrogen-bond acceptors (Lipinski definition) is 3. The van der Waals surface area contributed by atoms with Gasteiger partial charge in [0.2, 0.25) is 0 Å². The van der Waals surface area contributed by atoms with Crippen LogP contribution in [0.15, 0.2) is 36.7 Å². The molecular formula is C20H29N3S. The summed E-state index contributed by atoms with van der Waals surface area (Å²) in [5.41, 5.74) is 3.78. The van der Waals surface area contributed by atoms with E-state index in [2.05, 4.69) is 59.3 Å². The second kappa shape index (κ2) is 8.72. The van der Waals surface area contributed by atoms with Crippen molar-refractivity contribution in [3.05, 3.63) is 42.4 Å². The fraction of sp³-hybridized carbons (Fsp3) is 0.550. The fourth-order valence-electron chi connectivity index (χ4n) is 3.44. The maximum absolute atomic E-state index is 4.77. The van der Waals surface area contributed by atoms with Gasteiger partial charge in [0.25, 0.3) is 0 Å². The zero-order valence-electron chi connectivity index (χ0n) is 14.9. The molecule has 0 unspecified atom stereocenters. The molecule has 130 valence electrons. The highest BCUT2D eigenvalue weighted by atomic mass is 32.2. The Morgan fingerprint density at radius 1 is 1.08 bits per heavy atom. The highest BCUT2D eigenvalue weighted by molar-refractivity contribution is 7.99. The summed E-state index contributed by atoms with van der Waals surface area (Å²) < 4.78 is 2.39. The maximum atomic E-state index is 4.77. The topological polar surface area (TPSA) is 21.1 Å². The molecular weight excluding hydrogens is 314 g/mol. The van der Waals surface area contributed by atoms with Crippen molar-refractivity contribution in [3.8, 4) is 11.3 Å². The minimum absolute atomic E-state index is 0.609. The summed E-state index contributed by atoms with van der Waals surface area (Å²) in [6.45, 7) is 7.02. The Bertz CT molecular complexity index is 617. The molecule has 0 spiro atoms. The first-order valence-electron chi connectivity index (χ1n) is 9.12. The number of piperidine rings is 1. The Labute approximate surface area is 150 Å². The van der Waals surface area contributed by atoms with E-state index in [0.29, 0.717) is 5.25 Å². The fourth-order valence-corrected chi connectivity index (χ4v) is 3.76. The minimum Gasteiger partial charge on any atom is -0.333 e. The first-order chi connectivity index (χ1) is 11.8. The van der Waals surface area contributed by atoms with Crippen LogP contribution in [0.25, 0.3) is 11.3 Å². The normalized spacial score (nSPS) is 17.1. The average Bonchev–Trinajstić information content (AvgIpc) is 3.04. The molecule has 3 rings (SSSR count). The molecule has 3 nitrogen and oxygen atoms in total. The highest BCUT2D eigenvalue weighted by Gasteiger charge is 2.16. The quantitative estimate of drug-likeness (QED) is 0.746. The van der Waals surface area contributed by atoms with Gasteiger partial charge in [-0.15, -0.1) is 0 Å². The molecule has 1 fully saturated rings. The van der Waals surface area contributed by atoms with E-state index in [0.717, 1.165) is 25.2 Å². The molecule has 2 heterocycles. The van der Waals surface area contributed by atoms with E-state index >= 15 is 0 Å². The van der Waals surface area contributed by atoms with Gasteiger partial charge >= 0.3 is 0 Å². The second-order valence-corrected chi connectivity index (χ2v) is 8.03. The number of rotatable bonds is 7. The molecule has 1 atom stereocenters. The second-order valence-electron chi connectivity index (χ2n) is 6.75. The molecule has 1 aliphatic heterocycles. The molecule has 24 heavy (non-hydrogen) atoms. The van der Waals surface area contributed by atoms with Crippen LogP contribution in [0.2, 0.25) is 0 Å². The van der Waals surface area contributed by atoms with Crippen molar-refractivity contribution in [2.45, 2.75) is 44.4 Å². The number of nitrogens with zero attached hydrogens (tertiary/aromatic N) is 3. The van der Waals surface area contributed by atoms with E-state index in [9.17, 15) is 0 Å². The lowest BCUT2D eigenvalue weighted by molar-refractivity contribution is 0.220. The largest absolute Gasteiger partial charge is 0.333 e. The maximum Gasteiger partial charge on any atom is 0.0956 e. The van der Waals surface area contributed by atoms with Crippen molar-refractivity contribution in [3.63, 3.8) is 0 Å².